The number of ether oxygens (including phenoxy) is 1. The molecule has 31 heavy (non-hydrogen) atoms. The molecule has 0 aliphatic carbocycles. The van der Waals surface area contributed by atoms with Gasteiger partial charge in [0.15, 0.2) is 0 Å². The van der Waals surface area contributed by atoms with Gasteiger partial charge >= 0.3 is 0 Å². The molecular weight excluding hydrogens is 410 g/mol. The van der Waals surface area contributed by atoms with Crippen molar-refractivity contribution in [3.63, 3.8) is 0 Å². The molecule has 0 bridgehead atoms. The number of methoxy groups -OCH3 is 1. The van der Waals surface area contributed by atoms with E-state index in [9.17, 15) is 10.1 Å². The molecule has 1 N–H and O–H groups in total. The maximum Gasteiger partial charge on any atom is 0.266 e. The molecule has 1 atom stereocenters. The molecule has 0 radical (unpaired) electrons. The maximum atomic E-state index is 12.7. The van der Waals surface area contributed by atoms with E-state index < -0.39 is 5.91 Å². The fourth-order valence-corrected chi connectivity index (χ4v) is 4.62. The van der Waals surface area contributed by atoms with Crippen LogP contribution >= 0.6 is 11.6 Å². The first kappa shape index (κ1) is 22.7. The monoisotopic (exact) mass is 437 g/mol. The molecule has 5 nitrogen and oxygen atoms in total. The maximum absolute atomic E-state index is 12.7. The summed E-state index contributed by atoms with van der Waals surface area (Å²) < 4.78 is 5.12. The molecule has 1 aliphatic rings. The molecule has 2 aromatic carbocycles. The highest BCUT2D eigenvalue weighted by Gasteiger charge is 2.35. The van der Waals surface area contributed by atoms with E-state index in [1.807, 2.05) is 18.2 Å². The Morgan fingerprint density at radius 3 is 2.61 bits per heavy atom. The Hall–Kier alpha value is -2.97. The third kappa shape index (κ3) is 4.70. The SMILES string of the molecule is CCN1c2cc(Cl)c(/C=C(\C#N)C(=O)Nc3ccc(OC)cc3)cc2C(C)CC1(C)C. The molecule has 0 saturated heterocycles. The van der Waals surface area contributed by atoms with Gasteiger partial charge in [0.05, 0.1) is 7.11 Å². The first-order chi connectivity index (χ1) is 14.7. The summed E-state index contributed by atoms with van der Waals surface area (Å²) in [5.41, 5.74) is 3.59. The van der Waals surface area contributed by atoms with Crippen molar-refractivity contribution in [2.75, 3.05) is 23.9 Å². The van der Waals surface area contributed by atoms with Crippen LogP contribution in [-0.2, 0) is 4.79 Å². The number of nitriles is 1. The highest BCUT2D eigenvalue weighted by atomic mass is 35.5. The topological polar surface area (TPSA) is 65.4 Å². The molecule has 1 aliphatic heterocycles. The van der Waals surface area contributed by atoms with Crippen molar-refractivity contribution in [2.45, 2.75) is 45.6 Å². The Balaban J connectivity index is 1.93. The van der Waals surface area contributed by atoms with Gasteiger partial charge in [-0.3, -0.25) is 4.79 Å². The van der Waals surface area contributed by atoms with E-state index in [0.717, 1.165) is 18.7 Å². The largest absolute Gasteiger partial charge is 0.497 e. The first-order valence-electron chi connectivity index (χ1n) is 10.4. The van der Waals surface area contributed by atoms with Crippen LogP contribution in [0, 0.1) is 11.3 Å². The average molecular weight is 438 g/mol. The van der Waals surface area contributed by atoms with Crippen LogP contribution in [0.1, 0.15) is 51.2 Å². The number of hydrogen-bond donors (Lipinski definition) is 1. The lowest BCUT2D eigenvalue weighted by Gasteiger charge is -2.47. The minimum Gasteiger partial charge on any atom is -0.497 e. The highest BCUT2D eigenvalue weighted by Crippen LogP contribution is 2.45. The van der Waals surface area contributed by atoms with Crippen LogP contribution in [0.2, 0.25) is 5.02 Å². The van der Waals surface area contributed by atoms with Gasteiger partial charge in [-0.25, -0.2) is 0 Å². The second-order valence-electron chi connectivity index (χ2n) is 8.45. The number of carbonyl (C=O) groups excluding carboxylic acids is 1. The van der Waals surface area contributed by atoms with E-state index in [1.54, 1.807) is 37.5 Å². The van der Waals surface area contributed by atoms with Crippen LogP contribution < -0.4 is 15.0 Å². The quantitative estimate of drug-likeness (QED) is 0.459. The van der Waals surface area contributed by atoms with Gasteiger partial charge in [0.25, 0.3) is 5.91 Å². The predicted octanol–water partition coefficient (Wildman–Crippen LogP) is 6.01. The molecule has 1 heterocycles. The number of carbonyl (C=O) groups is 1. The number of amides is 1. The van der Waals surface area contributed by atoms with Gasteiger partial charge in [-0.1, -0.05) is 18.5 Å². The number of nitrogens with one attached hydrogen (secondary N) is 1. The standard InChI is InChI=1S/C25H28ClN3O2/c1-6-29-23-13-22(26)17(12-21(23)16(2)14-25(29,3)4)11-18(15-27)24(30)28-19-7-9-20(31-5)10-8-19/h7-13,16H,6,14H2,1-5H3,(H,28,30)/b18-11+. The summed E-state index contributed by atoms with van der Waals surface area (Å²) in [5, 5.41) is 12.9. The average Bonchev–Trinajstić information content (AvgIpc) is 2.72. The number of halogens is 1. The van der Waals surface area contributed by atoms with Crippen molar-refractivity contribution in [1.29, 1.82) is 5.26 Å². The van der Waals surface area contributed by atoms with Crippen molar-refractivity contribution in [2.24, 2.45) is 0 Å². The number of rotatable bonds is 5. The first-order valence-corrected chi connectivity index (χ1v) is 10.8. The van der Waals surface area contributed by atoms with Crippen molar-refractivity contribution < 1.29 is 9.53 Å². The molecule has 0 spiro atoms. The van der Waals surface area contributed by atoms with E-state index in [0.29, 0.717) is 27.9 Å². The van der Waals surface area contributed by atoms with Gasteiger partial charge in [0, 0.05) is 28.5 Å². The third-order valence-electron chi connectivity index (χ3n) is 5.83. The summed E-state index contributed by atoms with van der Waals surface area (Å²) in [5.74, 6) is 0.551. The van der Waals surface area contributed by atoms with Gasteiger partial charge in [0.2, 0.25) is 0 Å². The Morgan fingerprint density at radius 2 is 2.03 bits per heavy atom. The molecule has 0 aromatic heterocycles. The summed E-state index contributed by atoms with van der Waals surface area (Å²) in [6.07, 6.45) is 2.58. The normalized spacial score (nSPS) is 17.5. The zero-order valence-electron chi connectivity index (χ0n) is 18.6. The van der Waals surface area contributed by atoms with Crippen LogP contribution in [0.5, 0.6) is 5.75 Å². The van der Waals surface area contributed by atoms with Crippen LogP contribution in [0.3, 0.4) is 0 Å². The number of benzene rings is 2. The number of nitrogens with zero attached hydrogens (tertiary/aromatic N) is 2. The van der Waals surface area contributed by atoms with E-state index in [2.05, 4.69) is 37.9 Å². The van der Waals surface area contributed by atoms with Crippen molar-refractivity contribution in [3.05, 3.63) is 58.1 Å². The zero-order valence-corrected chi connectivity index (χ0v) is 19.4. The molecule has 0 saturated carbocycles. The molecule has 6 heteroatoms. The molecule has 2 aromatic rings. The second-order valence-corrected chi connectivity index (χ2v) is 8.85. The van der Waals surface area contributed by atoms with Crippen molar-refractivity contribution >= 4 is 35.0 Å². The molecule has 162 valence electrons. The summed E-state index contributed by atoms with van der Waals surface area (Å²) in [7, 11) is 1.58. The fourth-order valence-electron chi connectivity index (χ4n) is 4.41. The predicted molar refractivity (Wildman–Crippen MR) is 127 cm³/mol. The van der Waals surface area contributed by atoms with Crippen molar-refractivity contribution in [3.8, 4) is 11.8 Å². The number of fused-ring (bicyclic) bond motifs is 1. The minimum absolute atomic E-state index is 0.00573. The molecular formula is C25H28ClN3O2. The Morgan fingerprint density at radius 1 is 1.35 bits per heavy atom. The van der Waals surface area contributed by atoms with Crippen LogP contribution in [0.25, 0.3) is 6.08 Å². The molecule has 1 amide bonds. The van der Waals surface area contributed by atoms with Gasteiger partial charge in [-0.2, -0.15) is 5.26 Å². The molecule has 0 fully saturated rings. The lowest BCUT2D eigenvalue weighted by molar-refractivity contribution is -0.112. The zero-order chi connectivity index (χ0) is 22.8. The van der Waals surface area contributed by atoms with Gasteiger partial charge in [-0.15, -0.1) is 0 Å². The van der Waals surface area contributed by atoms with Gasteiger partial charge in [0.1, 0.15) is 17.4 Å². The van der Waals surface area contributed by atoms with Crippen LogP contribution in [-0.4, -0.2) is 25.1 Å². The highest BCUT2D eigenvalue weighted by molar-refractivity contribution is 6.32. The Kier molecular flexibility index (Phi) is 6.62. The van der Waals surface area contributed by atoms with Gasteiger partial charge in [-0.05, 0) is 86.7 Å². The third-order valence-corrected chi connectivity index (χ3v) is 6.16. The number of anilines is 2. The van der Waals surface area contributed by atoms with E-state index in [1.165, 1.54) is 5.56 Å². The summed E-state index contributed by atoms with van der Waals surface area (Å²) >= 11 is 6.60. The second kappa shape index (κ2) is 9.03. The molecule has 1 unspecified atom stereocenters. The Labute approximate surface area is 189 Å². The Bertz CT molecular complexity index is 1050. The van der Waals surface area contributed by atoms with E-state index in [4.69, 9.17) is 16.3 Å². The van der Waals surface area contributed by atoms with Crippen LogP contribution in [0.4, 0.5) is 11.4 Å². The van der Waals surface area contributed by atoms with E-state index >= 15 is 0 Å². The smallest absolute Gasteiger partial charge is 0.266 e. The summed E-state index contributed by atoms with van der Waals surface area (Å²) in [6, 6.07) is 12.9. The van der Waals surface area contributed by atoms with Crippen LogP contribution in [0.15, 0.2) is 42.0 Å². The summed E-state index contributed by atoms with van der Waals surface area (Å²) in [6.45, 7) is 9.72. The fraction of sp³-hybridized carbons (Fsp3) is 0.360. The summed E-state index contributed by atoms with van der Waals surface area (Å²) in [4.78, 5) is 15.0. The molecule has 3 rings (SSSR count). The minimum atomic E-state index is -0.481. The number of hydrogen-bond acceptors (Lipinski definition) is 4. The van der Waals surface area contributed by atoms with Crippen molar-refractivity contribution in [1.82, 2.24) is 0 Å². The van der Waals surface area contributed by atoms with E-state index in [-0.39, 0.29) is 11.1 Å². The lowest BCUT2D eigenvalue weighted by atomic mass is 9.79. The van der Waals surface area contributed by atoms with Gasteiger partial charge < -0.3 is 15.0 Å². The lowest BCUT2D eigenvalue weighted by Crippen LogP contribution is -2.48.